The van der Waals surface area contributed by atoms with Gasteiger partial charge in [-0.25, -0.2) is 4.79 Å². The minimum atomic E-state index is -0.340. The molecule has 0 radical (unpaired) electrons. The fourth-order valence-corrected chi connectivity index (χ4v) is 2.32. The van der Waals surface area contributed by atoms with Gasteiger partial charge in [0.25, 0.3) is 0 Å². The predicted molar refractivity (Wildman–Crippen MR) is 73.7 cm³/mol. The van der Waals surface area contributed by atoms with Gasteiger partial charge in [0.15, 0.2) is 0 Å². The number of benzene rings is 2. The third-order valence-electron chi connectivity index (χ3n) is 3.24. The summed E-state index contributed by atoms with van der Waals surface area (Å²) in [7, 11) is 3.01. The second kappa shape index (κ2) is 4.31. The molecule has 1 heterocycles. The maximum Gasteiger partial charge on any atom is 0.337 e. The van der Waals surface area contributed by atoms with Crippen LogP contribution in [0.1, 0.15) is 10.4 Å². The molecule has 0 amide bonds. The van der Waals surface area contributed by atoms with E-state index in [0.29, 0.717) is 5.56 Å². The van der Waals surface area contributed by atoms with Gasteiger partial charge in [0.2, 0.25) is 0 Å². The van der Waals surface area contributed by atoms with Crippen molar-refractivity contribution >= 4 is 27.8 Å². The average molecular weight is 255 g/mol. The summed E-state index contributed by atoms with van der Waals surface area (Å²) in [5.41, 5.74) is 2.35. The van der Waals surface area contributed by atoms with Crippen LogP contribution in [0.2, 0.25) is 0 Å². The second-order valence-corrected chi connectivity index (χ2v) is 4.26. The number of carbonyl (C=O) groups is 1. The number of hydrogen-bond donors (Lipinski definition) is 1. The molecule has 0 saturated carbocycles. The molecule has 0 aliphatic rings. The monoisotopic (exact) mass is 255 g/mol. The Balaban J connectivity index is 2.30. The molecule has 1 aromatic heterocycles. The van der Waals surface area contributed by atoms with Crippen molar-refractivity contribution in [1.82, 2.24) is 4.98 Å². The zero-order valence-corrected chi connectivity index (χ0v) is 10.7. The molecular weight excluding hydrogens is 242 g/mol. The van der Waals surface area contributed by atoms with E-state index in [1.54, 1.807) is 19.2 Å². The highest BCUT2D eigenvalue weighted by Crippen LogP contribution is 2.31. The Morgan fingerprint density at radius 1 is 1.11 bits per heavy atom. The fourth-order valence-electron chi connectivity index (χ4n) is 2.32. The summed E-state index contributed by atoms with van der Waals surface area (Å²) >= 11 is 0. The highest BCUT2D eigenvalue weighted by molar-refractivity contribution is 6.10. The lowest BCUT2D eigenvalue weighted by molar-refractivity contribution is 0.0601. The van der Waals surface area contributed by atoms with Gasteiger partial charge in [-0.3, -0.25) is 0 Å². The highest BCUT2D eigenvalue weighted by Gasteiger charge is 2.11. The summed E-state index contributed by atoms with van der Waals surface area (Å²) in [4.78, 5) is 14.8. The van der Waals surface area contributed by atoms with Gasteiger partial charge in [-0.15, -0.1) is 0 Å². The number of esters is 1. The molecule has 0 spiro atoms. The second-order valence-electron chi connectivity index (χ2n) is 4.26. The lowest BCUT2D eigenvalue weighted by atomic mass is 10.1. The van der Waals surface area contributed by atoms with Gasteiger partial charge in [0.05, 0.1) is 25.3 Å². The quantitative estimate of drug-likeness (QED) is 0.716. The van der Waals surface area contributed by atoms with E-state index in [0.717, 1.165) is 27.6 Å². The first-order chi connectivity index (χ1) is 9.24. The number of hydrogen-bond acceptors (Lipinski definition) is 3. The molecule has 4 nitrogen and oxygen atoms in total. The van der Waals surface area contributed by atoms with Crippen molar-refractivity contribution in [2.75, 3.05) is 14.2 Å². The van der Waals surface area contributed by atoms with Crippen molar-refractivity contribution in [2.45, 2.75) is 0 Å². The Kier molecular flexibility index (Phi) is 2.63. The summed E-state index contributed by atoms with van der Waals surface area (Å²) < 4.78 is 10.1. The molecule has 1 N–H and O–H groups in total. The normalized spacial score (nSPS) is 10.8. The number of aromatic amines is 1. The third-order valence-corrected chi connectivity index (χ3v) is 3.24. The van der Waals surface area contributed by atoms with Crippen LogP contribution in [0.15, 0.2) is 36.4 Å². The minimum Gasteiger partial charge on any atom is -0.495 e. The van der Waals surface area contributed by atoms with Crippen LogP contribution >= 0.6 is 0 Å². The topological polar surface area (TPSA) is 51.3 Å². The Morgan fingerprint density at radius 3 is 2.68 bits per heavy atom. The number of aromatic nitrogens is 1. The van der Waals surface area contributed by atoms with Crippen molar-refractivity contribution in [3.63, 3.8) is 0 Å². The summed E-state index contributed by atoms with van der Waals surface area (Å²) in [5, 5.41) is 2.13. The Bertz CT molecular complexity index is 774. The van der Waals surface area contributed by atoms with Crippen LogP contribution in [-0.2, 0) is 4.74 Å². The van der Waals surface area contributed by atoms with E-state index >= 15 is 0 Å². The molecule has 0 unspecified atom stereocenters. The summed E-state index contributed by atoms with van der Waals surface area (Å²) in [5.74, 6) is 0.445. The number of methoxy groups -OCH3 is 2. The van der Waals surface area contributed by atoms with Gasteiger partial charge in [0, 0.05) is 16.3 Å². The van der Waals surface area contributed by atoms with Crippen LogP contribution in [-0.4, -0.2) is 25.2 Å². The van der Waals surface area contributed by atoms with Crippen LogP contribution in [0.3, 0.4) is 0 Å². The van der Waals surface area contributed by atoms with Gasteiger partial charge < -0.3 is 14.5 Å². The van der Waals surface area contributed by atoms with Gasteiger partial charge in [-0.1, -0.05) is 18.2 Å². The van der Waals surface area contributed by atoms with Gasteiger partial charge in [-0.2, -0.15) is 0 Å². The largest absolute Gasteiger partial charge is 0.495 e. The molecule has 19 heavy (non-hydrogen) atoms. The summed E-state index contributed by atoms with van der Waals surface area (Å²) in [6.07, 6.45) is 0. The van der Waals surface area contributed by atoms with Crippen LogP contribution in [0.4, 0.5) is 0 Å². The smallest absolute Gasteiger partial charge is 0.337 e. The zero-order chi connectivity index (χ0) is 13.4. The SMILES string of the molecule is COC(=O)c1ccc2c(c1)[nH]c1c(OC)cccc12. The number of ether oxygens (including phenoxy) is 2. The molecular formula is C15H13NO3. The molecule has 96 valence electrons. The third kappa shape index (κ3) is 1.73. The first kappa shape index (κ1) is 11.6. The number of nitrogens with one attached hydrogen (secondary N) is 1. The van der Waals surface area contributed by atoms with Crippen molar-refractivity contribution in [2.24, 2.45) is 0 Å². The highest BCUT2D eigenvalue weighted by atomic mass is 16.5. The molecule has 0 aliphatic carbocycles. The number of fused-ring (bicyclic) bond motifs is 3. The van der Waals surface area contributed by atoms with Gasteiger partial charge >= 0.3 is 5.97 Å². The van der Waals surface area contributed by atoms with Crippen molar-refractivity contribution in [3.05, 3.63) is 42.0 Å². The number of rotatable bonds is 2. The van der Waals surface area contributed by atoms with Crippen LogP contribution in [0.25, 0.3) is 21.8 Å². The number of H-pyrrole nitrogens is 1. The Hall–Kier alpha value is -2.49. The maximum absolute atomic E-state index is 11.5. The molecule has 4 heteroatoms. The van der Waals surface area contributed by atoms with Crippen molar-refractivity contribution in [3.8, 4) is 5.75 Å². The molecule has 2 aromatic carbocycles. The summed E-state index contributed by atoms with van der Waals surface area (Å²) in [6, 6.07) is 11.3. The molecule has 3 rings (SSSR count). The Labute approximate surface area is 109 Å². The van der Waals surface area contributed by atoms with E-state index in [9.17, 15) is 4.79 Å². The van der Waals surface area contributed by atoms with Gasteiger partial charge in [-0.05, 0) is 18.2 Å². The van der Waals surface area contributed by atoms with Crippen LogP contribution in [0, 0.1) is 0 Å². The molecule has 0 fully saturated rings. The van der Waals surface area contributed by atoms with E-state index in [-0.39, 0.29) is 5.97 Å². The molecule has 0 aliphatic heterocycles. The van der Waals surface area contributed by atoms with E-state index in [2.05, 4.69) is 4.98 Å². The van der Waals surface area contributed by atoms with Gasteiger partial charge in [0.1, 0.15) is 5.75 Å². The lowest BCUT2D eigenvalue weighted by Gasteiger charge is -1.99. The van der Waals surface area contributed by atoms with Crippen molar-refractivity contribution < 1.29 is 14.3 Å². The number of carbonyl (C=O) groups excluding carboxylic acids is 1. The number of para-hydroxylation sites is 1. The molecule has 0 saturated heterocycles. The van der Waals surface area contributed by atoms with E-state index in [4.69, 9.17) is 9.47 Å². The van der Waals surface area contributed by atoms with Crippen LogP contribution in [0.5, 0.6) is 5.75 Å². The standard InChI is InChI=1S/C15H13NO3/c1-18-13-5-3-4-11-10-7-6-9(15(17)19-2)8-12(10)16-14(11)13/h3-8,16H,1-2H3. The molecule has 0 atom stereocenters. The first-order valence-corrected chi connectivity index (χ1v) is 5.91. The van der Waals surface area contributed by atoms with Crippen LogP contribution < -0.4 is 4.74 Å². The summed E-state index contributed by atoms with van der Waals surface area (Å²) in [6.45, 7) is 0. The molecule has 3 aromatic rings. The fraction of sp³-hybridized carbons (Fsp3) is 0.133. The Morgan fingerprint density at radius 2 is 1.95 bits per heavy atom. The first-order valence-electron chi connectivity index (χ1n) is 5.91. The van der Waals surface area contributed by atoms with E-state index < -0.39 is 0 Å². The van der Waals surface area contributed by atoms with E-state index in [1.165, 1.54) is 7.11 Å². The predicted octanol–water partition coefficient (Wildman–Crippen LogP) is 3.12. The van der Waals surface area contributed by atoms with Crippen molar-refractivity contribution in [1.29, 1.82) is 0 Å². The maximum atomic E-state index is 11.5. The lowest BCUT2D eigenvalue weighted by Crippen LogP contribution is -2.00. The zero-order valence-electron chi connectivity index (χ0n) is 10.7. The molecule has 0 bridgehead atoms. The van der Waals surface area contributed by atoms with E-state index in [1.807, 2.05) is 24.3 Å². The average Bonchev–Trinajstić information content (AvgIpc) is 2.83. The minimum absolute atomic E-state index is 0.340.